The van der Waals surface area contributed by atoms with E-state index in [-0.39, 0.29) is 17.1 Å². The quantitative estimate of drug-likeness (QED) is 0.272. The number of amides is 1. The van der Waals surface area contributed by atoms with Crippen LogP contribution in [-0.4, -0.2) is 21.9 Å². The molecule has 1 heterocycles. The highest BCUT2D eigenvalue weighted by Gasteiger charge is 2.47. The first-order chi connectivity index (χ1) is 15.5. The molecule has 1 saturated heterocycles. The Balaban J connectivity index is 1.74. The van der Waals surface area contributed by atoms with Gasteiger partial charge in [-0.1, -0.05) is 66.7 Å². The van der Waals surface area contributed by atoms with Gasteiger partial charge in [0.25, 0.3) is 11.7 Å². The number of benzene rings is 4. The van der Waals surface area contributed by atoms with Crippen molar-refractivity contribution in [3.8, 4) is 5.75 Å². The molecule has 1 aliphatic rings. The number of ketones is 1. The molecule has 1 unspecified atom stereocenters. The molecule has 156 valence electrons. The third-order valence-corrected chi connectivity index (χ3v) is 5.69. The lowest BCUT2D eigenvalue weighted by Crippen LogP contribution is -2.29. The van der Waals surface area contributed by atoms with Gasteiger partial charge >= 0.3 is 0 Å². The minimum absolute atomic E-state index is 0.00635. The van der Waals surface area contributed by atoms with Crippen LogP contribution in [0.2, 0.25) is 0 Å². The normalized spacial score (nSPS) is 17.8. The van der Waals surface area contributed by atoms with Gasteiger partial charge < -0.3 is 10.2 Å². The maximum absolute atomic E-state index is 13.2. The highest BCUT2D eigenvalue weighted by molar-refractivity contribution is 6.51. The van der Waals surface area contributed by atoms with Crippen LogP contribution in [0, 0.1) is 0 Å². The molecule has 1 aliphatic heterocycles. The van der Waals surface area contributed by atoms with Crippen LogP contribution in [0.25, 0.3) is 16.5 Å². The summed E-state index contributed by atoms with van der Waals surface area (Å²) in [6.07, 6.45) is 0. The van der Waals surface area contributed by atoms with Gasteiger partial charge in [0.05, 0.1) is 11.6 Å². The summed E-state index contributed by atoms with van der Waals surface area (Å²) in [4.78, 5) is 27.6. The number of aliphatic hydroxyl groups is 1. The lowest BCUT2D eigenvalue weighted by molar-refractivity contribution is -0.132. The lowest BCUT2D eigenvalue weighted by atomic mass is 9.94. The van der Waals surface area contributed by atoms with Gasteiger partial charge in [-0.2, -0.15) is 0 Å². The number of aliphatic hydroxyl groups excluding tert-OH is 1. The molecule has 32 heavy (non-hydrogen) atoms. The minimum Gasteiger partial charge on any atom is -0.508 e. The number of Topliss-reactive ketones (excluding diaryl/α,β-unsaturated/α-hetero) is 1. The second-order valence-corrected chi connectivity index (χ2v) is 7.66. The third kappa shape index (κ3) is 3.20. The van der Waals surface area contributed by atoms with Crippen LogP contribution < -0.4 is 4.90 Å². The average molecular weight is 421 g/mol. The number of rotatable bonds is 3. The number of nitrogens with zero attached hydrogens (tertiary/aromatic N) is 1. The molecule has 1 amide bonds. The van der Waals surface area contributed by atoms with Crippen LogP contribution in [0.5, 0.6) is 5.75 Å². The van der Waals surface area contributed by atoms with Crippen molar-refractivity contribution >= 4 is 33.9 Å². The number of carbonyl (C=O) groups is 2. The first-order valence-electron chi connectivity index (χ1n) is 10.2. The monoisotopic (exact) mass is 421 g/mol. The number of anilines is 1. The fourth-order valence-electron chi connectivity index (χ4n) is 4.19. The van der Waals surface area contributed by atoms with Gasteiger partial charge in [0.1, 0.15) is 11.5 Å². The second-order valence-electron chi connectivity index (χ2n) is 7.66. The lowest BCUT2D eigenvalue weighted by Gasteiger charge is -2.25. The standard InChI is InChI=1S/C27H19NO4/c29-22-12-6-9-19(16-22)24-23(26(31)27(32)28(24)21-10-2-1-3-11-21)25(30)20-14-13-17-7-4-5-8-18(17)15-20/h1-16,24,29-30H/b25-23-. The first kappa shape index (κ1) is 19.6. The zero-order valence-corrected chi connectivity index (χ0v) is 17.0. The van der Waals surface area contributed by atoms with Crippen LogP contribution in [-0.2, 0) is 9.59 Å². The Morgan fingerprint density at radius 3 is 2.22 bits per heavy atom. The number of fused-ring (bicyclic) bond motifs is 1. The Bertz CT molecular complexity index is 1390. The van der Waals surface area contributed by atoms with Crippen molar-refractivity contribution in [2.24, 2.45) is 0 Å². The molecule has 4 aromatic carbocycles. The van der Waals surface area contributed by atoms with E-state index in [9.17, 15) is 19.8 Å². The van der Waals surface area contributed by atoms with Gasteiger partial charge in [0.15, 0.2) is 0 Å². The topological polar surface area (TPSA) is 77.8 Å². The highest BCUT2D eigenvalue weighted by atomic mass is 16.3. The van der Waals surface area contributed by atoms with Gasteiger partial charge in [-0.25, -0.2) is 0 Å². The largest absolute Gasteiger partial charge is 0.508 e. The number of phenolic OH excluding ortho intramolecular Hbond substituents is 1. The molecule has 1 atom stereocenters. The third-order valence-electron chi connectivity index (χ3n) is 5.69. The molecule has 0 spiro atoms. The van der Waals surface area contributed by atoms with E-state index in [0.29, 0.717) is 16.8 Å². The van der Waals surface area contributed by atoms with Gasteiger partial charge in [-0.15, -0.1) is 0 Å². The number of para-hydroxylation sites is 1. The van der Waals surface area contributed by atoms with Gasteiger partial charge in [0, 0.05) is 11.3 Å². The van der Waals surface area contributed by atoms with Crippen molar-refractivity contribution in [2.45, 2.75) is 6.04 Å². The summed E-state index contributed by atoms with van der Waals surface area (Å²) in [6, 6.07) is 27.4. The molecule has 0 aliphatic carbocycles. The Kier molecular flexibility index (Phi) is 4.71. The SMILES string of the molecule is O=C1C(=O)N(c2ccccc2)C(c2cccc(O)c2)/C1=C(/O)c1ccc2ccccc2c1. The van der Waals surface area contributed by atoms with Gasteiger partial charge in [0.2, 0.25) is 0 Å². The van der Waals surface area contributed by atoms with E-state index in [1.807, 2.05) is 36.4 Å². The van der Waals surface area contributed by atoms with E-state index in [0.717, 1.165) is 10.8 Å². The smallest absolute Gasteiger partial charge is 0.300 e. The molecule has 0 saturated carbocycles. The van der Waals surface area contributed by atoms with E-state index >= 15 is 0 Å². The summed E-state index contributed by atoms with van der Waals surface area (Å²) in [6.45, 7) is 0. The molecule has 4 aromatic rings. The molecule has 2 N–H and O–H groups in total. The molecule has 0 radical (unpaired) electrons. The number of carbonyl (C=O) groups excluding carboxylic acids is 2. The molecule has 5 heteroatoms. The van der Waals surface area contributed by atoms with E-state index in [1.165, 1.54) is 17.0 Å². The van der Waals surface area contributed by atoms with Gasteiger partial charge in [-0.3, -0.25) is 14.5 Å². The Hall–Kier alpha value is -4.38. The molecule has 1 fully saturated rings. The number of hydrogen-bond acceptors (Lipinski definition) is 4. The van der Waals surface area contributed by atoms with Crippen LogP contribution in [0.1, 0.15) is 17.2 Å². The van der Waals surface area contributed by atoms with E-state index < -0.39 is 17.7 Å². The van der Waals surface area contributed by atoms with Crippen molar-refractivity contribution in [1.29, 1.82) is 0 Å². The highest BCUT2D eigenvalue weighted by Crippen LogP contribution is 2.42. The average Bonchev–Trinajstić information content (AvgIpc) is 3.09. The van der Waals surface area contributed by atoms with E-state index in [2.05, 4.69) is 0 Å². The maximum atomic E-state index is 13.2. The molecular weight excluding hydrogens is 402 g/mol. The zero-order chi connectivity index (χ0) is 22.2. The van der Waals surface area contributed by atoms with E-state index in [1.54, 1.807) is 48.5 Å². The molecule has 5 rings (SSSR count). The number of phenols is 1. The molecule has 0 bridgehead atoms. The van der Waals surface area contributed by atoms with Crippen molar-refractivity contribution in [3.05, 3.63) is 114 Å². The summed E-state index contributed by atoms with van der Waals surface area (Å²) in [5.41, 5.74) is 1.48. The summed E-state index contributed by atoms with van der Waals surface area (Å²) >= 11 is 0. The molecular formula is C27H19NO4. The van der Waals surface area contributed by atoms with Crippen LogP contribution in [0.4, 0.5) is 5.69 Å². The minimum atomic E-state index is -0.879. The van der Waals surface area contributed by atoms with E-state index in [4.69, 9.17) is 0 Å². The van der Waals surface area contributed by atoms with Crippen LogP contribution in [0.3, 0.4) is 0 Å². The van der Waals surface area contributed by atoms with Crippen LogP contribution >= 0.6 is 0 Å². The van der Waals surface area contributed by atoms with Crippen molar-refractivity contribution in [1.82, 2.24) is 0 Å². The fraction of sp³-hybridized carbons (Fsp3) is 0.0370. The maximum Gasteiger partial charge on any atom is 0.300 e. The predicted octanol–water partition coefficient (Wildman–Crippen LogP) is 5.17. The first-order valence-corrected chi connectivity index (χ1v) is 10.2. The Labute approximate surface area is 184 Å². The van der Waals surface area contributed by atoms with Gasteiger partial charge in [-0.05, 0) is 46.7 Å². The Morgan fingerprint density at radius 1 is 0.750 bits per heavy atom. The van der Waals surface area contributed by atoms with Crippen LogP contribution in [0.15, 0.2) is 103 Å². The zero-order valence-electron chi connectivity index (χ0n) is 17.0. The fourth-order valence-corrected chi connectivity index (χ4v) is 4.19. The van der Waals surface area contributed by atoms with Crippen molar-refractivity contribution in [3.63, 3.8) is 0 Å². The summed E-state index contributed by atoms with van der Waals surface area (Å²) < 4.78 is 0. The number of hydrogen-bond donors (Lipinski definition) is 2. The Morgan fingerprint density at radius 2 is 1.47 bits per heavy atom. The van der Waals surface area contributed by atoms with Crippen molar-refractivity contribution in [2.75, 3.05) is 4.90 Å². The molecule has 5 nitrogen and oxygen atoms in total. The summed E-state index contributed by atoms with van der Waals surface area (Å²) in [5.74, 6) is -1.74. The van der Waals surface area contributed by atoms with Crippen molar-refractivity contribution < 1.29 is 19.8 Å². The predicted molar refractivity (Wildman–Crippen MR) is 123 cm³/mol. The summed E-state index contributed by atoms with van der Waals surface area (Å²) in [7, 11) is 0. The number of aromatic hydroxyl groups is 1. The molecule has 0 aromatic heterocycles. The second kappa shape index (κ2) is 7.71. The summed E-state index contributed by atoms with van der Waals surface area (Å²) in [5, 5.41) is 23.2.